The van der Waals surface area contributed by atoms with E-state index in [1.165, 1.54) is 62.7 Å². The number of rotatable bonds is 2. The number of Topliss-reactive ketones (excluding diaryl/α,β-unsaturated/α-hetero) is 1. The Morgan fingerprint density at radius 3 is 1.92 bits per heavy atom. The maximum Gasteiger partial charge on any atom is 0.261 e. The molecule has 0 unspecified atom stereocenters. The number of hydrogen-bond acceptors (Lipinski definition) is 3. The van der Waals surface area contributed by atoms with Crippen LogP contribution in [0.3, 0.4) is 0 Å². The Hall–Kier alpha value is -1.58. The lowest BCUT2D eigenvalue weighted by molar-refractivity contribution is -0.123. The lowest BCUT2D eigenvalue weighted by Gasteiger charge is -2.14. The van der Waals surface area contributed by atoms with Gasteiger partial charge in [0.05, 0.1) is 6.54 Å². The van der Waals surface area contributed by atoms with Gasteiger partial charge in [0.15, 0.2) is 5.78 Å². The first-order valence-corrected chi connectivity index (χ1v) is 9.49. The van der Waals surface area contributed by atoms with Crippen molar-refractivity contribution in [1.82, 2.24) is 4.90 Å². The Morgan fingerprint density at radius 2 is 1.46 bits per heavy atom. The molecular weight excluding hydrogens is 302 g/mol. The van der Waals surface area contributed by atoms with Crippen LogP contribution < -0.4 is 0 Å². The van der Waals surface area contributed by atoms with Crippen LogP contribution in [-0.2, 0) is 9.59 Å². The number of likely N-dealkylation sites (N-methyl/N-ethyl adjacent to an activating group) is 1. The van der Waals surface area contributed by atoms with E-state index in [1.54, 1.807) is 13.1 Å². The highest BCUT2D eigenvalue weighted by molar-refractivity contribution is 6.25. The number of carbonyl (C=O) groups excluding carboxylic acids is 2. The zero-order chi connectivity index (χ0) is 17.4. The van der Waals surface area contributed by atoms with Crippen molar-refractivity contribution < 1.29 is 14.7 Å². The number of nitrogens with zero attached hydrogens (tertiary/aromatic N) is 1. The van der Waals surface area contributed by atoms with E-state index in [0.29, 0.717) is 5.92 Å². The van der Waals surface area contributed by atoms with Crippen molar-refractivity contribution in [1.29, 1.82) is 0 Å². The SMILES string of the molecule is CN1CC(=O)C(=C(O)C=CC2CCCCCCCCCCC2)C1=O. The summed E-state index contributed by atoms with van der Waals surface area (Å²) in [7, 11) is 1.58. The van der Waals surface area contributed by atoms with Crippen LogP contribution in [0, 0.1) is 5.92 Å². The van der Waals surface area contributed by atoms with Gasteiger partial charge in [0, 0.05) is 7.05 Å². The molecule has 24 heavy (non-hydrogen) atoms. The van der Waals surface area contributed by atoms with Crippen LogP contribution in [-0.4, -0.2) is 35.3 Å². The number of aliphatic hydroxyl groups excluding tert-OH is 1. The zero-order valence-corrected chi connectivity index (χ0v) is 14.9. The third kappa shape index (κ3) is 5.50. The van der Waals surface area contributed by atoms with Crippen LogP contribution in [0.15, 0.2) is 23.5 Å². The summed E-state index contributed by atoms with van der Waals surface area (Å²) in [6, 6.07) is 0. The second-order valence-corrected chi connectivity index (χ2v) is 7.22. The molecule has 1 aliphatic carbocycles. The fourth-order valence-electron chi connectivity index (χ4n) is 3.63. The molecule has 134 valence electrons. The van der Waals surface area contributed by atoms with E-state index in [-0.39, 0.29) is 29.6 Å². The van der Waals surface area contributed by atoms with Gasteiger partial charge in [-0.05, 0) is 24.8 Å². The summed E-state index contributed by atoms with van der Waals surface area (Å²) in [5.41, 5.74) is -0.0538. The standard InChI is InChI=1S/C20H31NO3/c1-21-15-18(23)19(20(21)24)17(22)14-13-16-11-9-7-5-3-2-4-6-8-10-12-16/h13-14,16,22H,2-12,15H2,1H3. The van der Waals surface area contributed by atoms with E-state index in [1.807, 2.05) is 6.08 Å². The second kappa shape index (κ2) is 9.65. The Bertz CT molecular complexity index is 495. The molecule has 0 atom stereocenters. The van der Waals surface area contributed by atoms with Gasteiger partial charge >= 0.3 is 0 Å². The zero-order valence-electron chi connectivity index (χ0n) is 14.9. The third-order valence-corrected chi connectivity index (χ3v) is 5.15. The monoisotopic (exact) mass is 333 g/mol. The van der Waals surface area contributed by atoms with Crippen LogP contribution in [0.2, 0.25) is 0 Å². The average molecular weight is 333 g/mol. The Kier molecular flexibility index (Phi) is 7.54. The van der Waals surface area contributed by atoms with Crippen molar-refractivity contribution in [3.05, 3.63) is 23.5 Å². The van der Waals surface area contributed by atoms with E-state index in [9.17, 15) is 14.7 Å². The number of amides is 1. The molecule has 0 aromatic rings. The van der Waals surface area contributed by atoms with Crippen molar-refractivity contribution >= 4 is 11.7 Å². The molecule has 1 amide bonds. The van der Waals surface area contributed by atoms with Crippen molar-refractivity contribution in [2.24, 2.45) is 5.92 Å². The molecule has 4 nitrogen and oxygen atoms in total. The fraction of sp³-hybridized carbons (Fsp3) is 0.700. The average Bonchev–Trinajstić information content (AvgIpc) is 2.79. The number of ketones is 1. The topological polar surface area (TPSA) is 57.6 Å². The van der Waals surface area contributed by atoms with E-state index in [4.69, 9.17) is 0 Å². The minimum Gasteiger partial charge on any atom is -0.507 e. The number of likely N-dealkylation sites (tertiary alicyclic amines) is 1. The molecule has 0 radical (unpaired) electrons. The van der Waals surface area contributed by atoms with Crippen LogP contribution in [0.1, 0.15) is 70.6 Å². The number of hydrogen-bond donors (Lipinski definition) is 1. The number of aliphatic hydroxyl groups is 1. The number of carbonyl (C=O) groups is 2. The highest BCUT2D eigenvalue weighted by atomic mass is 16.3. The van der Waals surface area contributed by atoms with Crippen LogP contribution in [0.5, 0.6) is 0 Å². The molecule has 4 heteroatoms. The Labute approximate surface area is 145 Å². The van der Waals surface area contributed by atoms with Gasteiger partial charge in [-0.15, -0.1) is 0 Å². The molecule has 2 fully saturated rings. The highest BCUT2D eigenvalue weighted by Crippen LogP contribution is 2.23. The van der Waals surface area contributed by atoms with Gasteiger partial charge in [0.1, 0.15) is 11.3 Å². The Morgan fingerprint density at radius 1 is 0.958 bits per heavy atom. The molecule has 2 aliphatic rings. The van der Waals surface area contributed by atoms with Gasteiger partial charge in [-0.25, -0.2) is 0 Å². The molecule has 1 saturated carbocycles. The summed E-state index contributed by atoms with van der Waals surface area (Å²) in [6.45, 7) is 0.0650. The molecule has 2 rings (SSSR count). The maximum absolute atomic E-state index is 11.9. The van der Waals surface area contributed by atoms with Crippen molar-refractivity contribution in [2.75, 3.05) is 13.6 Å². The van der Waals surface area contributed by atoms with E-state index >= 15 is 0 Å². The summed E-state index contributed by atoms with van der Waals surface area (Å²) in [6.07, 6.45) is 17.5. The first-order valence-electron chi connectivity index (χ1n) is 9.49. The number of allylic oxidation sites excluding steroid dienone is 2. The molecule has 0 spiro atoms. The lowest BCUT2D eigenvalue weighted by Crippen LogP contribution is -2.19. The van der Waals surface area contributed by atoms with Gasteiger partial charge < -0.3 is 10.0 Å². The van der Waals surface area contributed by atoms with Gasteiger partial charge in [0.25, 0.3) is 5.91 Å². The van der Waals surface area contributed by atoms with Crippen LogP contribution >= 0.6 is 0 Å². The predicted octanol–water partition coefficient (Wildman–Crippen LogP) is 4.32. The fourth-order valence-corrected chi connectivity index (χ4v) is 3.63. The molecule has 1 saturated heterocycles. The van der Waals surface area contributed by atoms with Crippen LogP contribution in [0.25, 0.3) is 0 Å². The second-order valence-electron chi connectivity index (χ2n) is 7.22. The first-order chi connectivity index (χ1) is 11.6. The molecule has 1 heterocycles. The Balaban J connectivity index is 1.98. The first kappa shape index (κ1) is 18.8. The quantitative estimate of drug-likeness (QED) is 0.465. The highest BCUT2D eigenvalue weighted by Gasteiger charge is 2.33. The predicted molar refractivity (Wildman–Crippen MR) is 95.7 cm³/mol. The maximum atomic E-state index is 11.9. The summed E-state index contributed by atoms with van der Waals surface area (Å²) >= 11 is 0. The summed E-state index contributed by atoms with van der Waals surface area (Å²) in [5, 5.41) is 10.2. The minimum absolute atomic E-state index is 0.0538. The van der Waals surface area contributed by atoms with E-state index < -0.39 is 0 Å². The van der Waals surface area contributed by atoms with Crippen molar-refractivity contribution in [3.63, 3.8) is 0 Å². The summed E-state index contributed by atoms with van der Waals surface area (Å²) < 4.78 is 0. The summed E-state index contributed by atoms with van der Waals surface area (Å²) in [5.74, 6) is -0.402. The van der Waals surface area contributed by atoms with Gasteiger partial charge in [-0.3, -0.25) is 9.59 Å². The van der Waals surface area contributed by atoms with Crippen LogP contribution in [0.4, 0.5) is 0 Å². The van der Waals surface area contributed by atoms with Crippen molar-refractivity contribution in [3.8, 4) is 0 Å². The molecule has 0 bridgehead atoms. The van der Waals surface area contributed by atoms with Gasteiger partial charge in [-0.1, -0.05) is 63.9 Å². The third-order valence-electron chi connectivity index (χ3n) is 5.15. The largest absolute Gasteiger partial charge is 0.507 e. The smallest absolute Gasteiger partial charge is 0.261 e. The van der Waals surface area contributed by atoms with E-state index in [2.05, 4.69) is 0 Å². The van der Waals surface area contributed by atoms with Gasteiger partial charge in [0.2, 0.25) is 0 Å². The normalized spacial score (nSPS) is 25.0. The molecule has 1 aliphatic heterocycles. The molecule has 1 N–H and O–H groups in total. The summed E-state index contributed by atoms with van der Waals surface area (Å²) in [4.78, 5) is 25.1. The lowest BCUT2D eigenvalue weighted by atomic mass is 9.92. The van der Waals surface area contributed by atoms with Crippen molar-refractivity contribution in [2.45, 2.75) is 70.6 Å². The molecule has 0 aromatic heterocycles. The minimum atomic E-state index is -0.374. The molecular formula is C20H31NO3. The van der Waals surface area contributed by atoms with E-state index in [0.717, 1.165) is 12.8 Å². The van der Waals surface area contributed by atoms with Gasteiger partial charge in [-0.2, -0.15) is 0 Å². The molecule has 0 aromatic carbocycles.